The molecule has 1 saturated heterocycles. The van der Waals surface area contributed by atoms with Crippen molar-refractivity contribution in [2.45, 2.75) is 57.7 Å². The molecule has 3 rings (SSSR count). The van der Waals surface area contributed by atoms with Gasteiger partial charge in [-0.25, -0.2) is 4.79 Å². The van der Waals surface area contributed by atoms with E-state index >= 15 is 0 Å². The Morgan fingerprint density at radius 3 is 2.36 bits per heavy atom. The summed E-state index contributed by atoms with van der Waals surface area (Å²) in [6, 6.07) is 9.04. The molecule has 7 heteroatoms. The third-order valence-corrected chi connectivity index (χ3v) is 4.36. The summed E-state index contributed by atoms with van der Waals surface area (Å²) in [5, 5.41) is 10.7. The Hall–Kier alpha value is -2.41. The van der Waals surface area contributed by atoms with Crippen molar-refractivity contribution in [3.8, 4) is 5.69 Å². The van der Waals surface area contributed by atoms with Crippen LogP contribution in [0.3, 0.4) is 0 Å². The summed E-state index contributed by atoms with van der Waals surface area (Å²) in [6.45, 7) is 8.50. The molecular formula is C18H25N5O2. The van der Waals surface area contributed by atoms with E-state index in [0.29, 0.717) is 5.69 Å². The Morgan fingerprint density at radius 1 is 1.16 bits per heavy atom. The minimum Gasteiger partial charge on any atom is -0.346 e. The second-order valence-corrected chi connectivity index (χ2v) is 8.00. The number of rotatable bonds is 3. The lowest BCUT2D eigenvalue weighted by atomic mass is 9.79. The fourth-order valence-corrected chi connectivity index (χ4v) is 3.85. The second-order valence-electron chi connectivity index (χ2n) is 8.00. The summed E-state index contributed by atoms with van der Waals surface area (Å²) in [6.07, 6.45) is 1.62. The van der Waals surface area contributed by atoms with Gasteiger partial charge in [0.25, 0.3) is 5.91 Å². The number of aromatic amines is 1. The van der Waals surface area contributed by atoms with E-state index in [1.165, 1.54) is 4.68 Å². The number of hydrogen-bond acceptors (Lipinski definition) is 4. The molecule has 1 aliphatic rings. The van der Waals surface area contributed by atoms with E-state index < -0.39 is 5.69 Å². The summed E-state index contributed by atoms with van der Waals surface area (Å²) < 4.78 is 1.20. The van der Waals surface area contributed by atoms with Gasteiger partial charge >= 0.3 is 5.69 Å². The van der Waals surface area contributed by atoms with Crippen molar-refractivity contribution >= 4 is 5.91 Å². The first-order valence-corrected chi connectivity index (χ1v) is 8.50. The third-order valence-electron chi connectivity index (χ3n) is 4.36. The number of H-pyrrole nitrogens is 1. The molecule has 0 saturated carbocycles. The normalized spacial score (nSPS) is 19.5. The Labute approximate surface area is 146 Å². The number of hydrogen-bond donors (Lipinski definition) is 3. The molecule has 3 N–H and O–H groups in total. The Balaban J connectivity index is 1.77. The van der Waals surface area contributed by atoms with Gasteiger partial charge in [0.15, 0.2) is 0 Å². The molecule has 0 radical (unpaired) electrons. The molecule has 134 valence electrons. The molecule has 7 nitrogen and oxygen atoms in total. The lowest BCUT2D eigenvalue weighted by molar-refractivity contribution is 0.0863. The van der Waals surface area contributed by atoms with Crippen molar-refractivity contribution in [3.63, 3.8) is 0 Å². The summed E-state index contributed by atoms with van der Waals surface area (Å²) in [5.74, 6) is -0.326. The summed E-state index contributed by atoms with van der Waals surface area (Å²) >= 11 is 0. The Bertz CT molecular complexity index is 803. The highest BCUT2D eigenvalue weighted by atomic mass is 16.2. The summed E-state index contributed by atoms with van der Waals surface area (Å²) in [7, 11) is 0. The largest absolute Gasteiger partial charge is 0.348 e. The second kappa shape index (κ2) is 6.15. The first-order chi connectivity index (χ1) is 11.7. The predicted octanol–water partition coefficient (Wildman–Crippen LogP) is 1.60. The van der Waals surface area contributed by atoms with Gasteiger partial charge < -0.3 is 10.6 Å². The molecule has 0 aliphatic carbocycles. The van der Waals surface area contributed by atoms with E-state index in [4.69, 9.17) is 0 Å². The minimum absolute atomic E-state index is 0.0177. The Kier molecular flexibility index (Phi) is 4.28. The SMILES string of the molecule is CC1(C)CC(NC(=O)c2nn(-c3ccccc3)c(=O)[nH]2)CC(C)(C)N1. The van der Waals surface area contributed by atoms with Gasteiger partial charge in [0.2, 0.25) is 5.82 Å². The number of amides is 1. The van der Waals surface area contributed by atoms with E-state index in [1.807, 2.05) is 18.2 Å². The van der Waals surface area contributed by atoms with Crippen LogP contribution in [0.1, 0.15) is 51.2 Å². The molecule has 0 atom stereocenters. The summed E-state index contributed by atoms with van der Waals surface area (Å²) in [4.78, 5) is 27.2. The number of benzene rings is 1. The average molecular weight is 343 g/mol. The van der Waals surface area contributed by atoms with Gasteiger partial charge in [-0.1, -0.05) is 18.2 Å². The monoisotopic (exact) mass is 343 g/mol. The molecule has 1 amide bonds. The van der Waals surface area contributed by atoms with Crippen molar-refractivity contribution in [1.82, 2.24) is 25.4 Å². The van der Waals surface area contributed by atoms with Gasteiger partial charge in [-0.05, 0) is 52.7 Å². The quantitative estimate of drug-likeness (QED) is 0.789. The number of aromatic nitrogens is 3. The van der Waals surface area contributed by atoms with Gasteiger partial charge in [0.1, 0.15) is 0 Å². The fourth-order valence-electron chi connectivity index (χ4n) is 3.85. The first kappa shape index (κ1) is 17.4. The lowest BCUT2D eigenvalue weighted by Crippen LogP contribution is -2.62. The topological polar surface area (TPSA) is 91.8 Å². The zero-order chi connectivity index (χ0) is 18.2. The standard InChI is InChI=1S/C18H25N5O2/c1-17(2)10-12(11-18(3,4)22-17)19-15(24)14-20-16(25)23(21-14)13-8-6-5-7-9-13/h5-9,12,22H,10-11H2,1-4H3,(H,19,24)(H,20,21,25). The van der Waals surface area contributed by atoms with Gasteiger partial charge in [-0.15, -0.1) is 5.10 Å². The van der Waals surface area contributed by atoms with E-state index in [-0.39, 0.29) is 28.9 Å². The van der Waals surface area contributed by atoms with Crippen LogP contribution in [-0.4, -0.2) is 37.8 Å². The van der Waals surface area contributed by atoms with Crippen LogP contribution in [-0.2, 0) is 0 Å². The van der Waals surface area contributed by atoms with Gasteiger partial charge in [0, 0.05) is 17.1 Å². The zero-order valence-corrected chi connectivity index (χ0v) is 15.1. The number of piperidine rings is 1. The van der Waals surface area contributed by atoms with E-state index in [2.05, 4.69) is 48.4 Å². The fraction of sp³-hybridized carbons (Fsp3) is 0.500. The highest BCUT2D eigenvalue weighted by Gasteiger charge is 2.38. The minimum atomic E-state index is -0.428. The van der Waals surface area contributed by atoms with Crippen molar-refractivity contribution < 1.29 is 4.79 Å². The van der Waals surface area contributed by atoms with Crippen LogP contribution in [0.25, 0.3) is 5.69 Å². The number of carbonyl (C=O) groups is 1. The number of nitrogens with zero attached hydrogens (tertiary/aromatic N) is 2. The maximum absolute atomic E-state index is 12.6. The lowest BCUT2D eigenvalue weighted by Gasteiger charge is -2.46. The Morgan fingerprint density at radius 2 is 1.76 bits per heavy atom. The van der Waals surface area contributed by atoms with Gasteiger partial charge in [-0.3, -0.25) is 9.78 Å². The molecular weight excluding hydrogens is 318 g/mol. The molecule has 2 aromatic rings. The molecule has 2 heterocycles. The molecule has 0 spiro atoms. The highest BCUT2D eigenvalue weighted by molar-refractivity contribution is 5.90. The first-order valence-electron chi connectivity index (χ1n) is 8.50. The van der Waals surface area contributed by atoms with Crippen molar-refractivity contribution in [2.75, 3.05) is 0 Å². The van der Waals surface area contributed by atoms with Crippen LogP contribution in [0, 0.1) is 0 Å². The molecule has 1 aromatic heterocycles. The number of carbonyl (C=O) groups excluding carboxylic acids is 1. The molecule has 1 aliphatic heterocycles. The van der Waals surface area contributed by atoms with Gasteiger partial charge in [0.05, 0.1) is 5.69 Å². The van der Waals surface area contributed by atoms with E-state index in [0.717, 1.165) is 12.8 Å². The van der Waals surface area contributed by atoms with Crippen LogP contribution in [0.5, 0.6) is 0 Å². The van der Waals surface area contributed by atoms with Crippen LogP contribution in [0.2, 0.25) is 0 Å². The van der Waals surface area contributed by atoms with E-state index in [9.17, 15) is 9.59 Å². The molecule has 1 fully saturated rings. The van der Waals surface area contributed by atoms with Gasteiger partial charge in [-0.2, -0.15) is 4.68 Å². The van der Waals surface area contributed by atoms with Crippen LogP contribution in [0.4, 0.5) is 0 Å². The van der Waals surface area contributed by atoms with Crippen LogP contribution < -0.4 is 16.3 Å². The maximum atomic E-state index is 12.6. The van der Waals surface area contributed by atoms with Crippen molar-refractivity contribution in [1.29, 1.82) is 0 Å². The molecule has 25 heavy (non-hydrogen) atoms. The van der Waals surface area contributed by atoms with Crippen molar-refractivity contribution in [3.05, 3.63) is 46.6 Å². The number of para-hydroxylation sites is 1. The molecule has 0 unspecified atom stereocenters. The van der Waals surface area contributed by atoms with Crippen molar-refractivity contribution in [2.24, 2.45) is 0 Å². The average Bonchev–Trinajstić information content (AvgIpc) is 2.87. The molecule has 0 bridgehead atoms. The maximum Gasteiger partial charge on any atom is 0.348 e. The smallest absolute Gasteiger partial charge is 0.346 e. The predicted molar refractivity (Wildman–Crippen MR) is 96.0 cm³/mol. The molecule has 1 aromatic carbocycles. The summed E-state index contributed by atoms with van der Waals surface area (Å²) in [5.41, 5.74) is 0.0433. The van der Waals surface area contributed by atoms with Crippen LogP contribution in [0.15, 0.2) is 35.1 Å². The zero-order valence-electron chi connectivity index (χ0n) is 15.1. The third kappa shape index (κ3) is 3.99. The highest BCUT2D eigenvalue weighted by Crippen LogP contribution is 2.28. The number of nitrogens with one attached hydrogen (secondary N) is 3. The van der Waals surface area contributed by atoms with Crippen LogP contribution >= 0.6 is 0 Å². The van der Waals surface area contributed by atoms with E-state index in [1.54, 1.807) is 12.1 Å².